The molecular formula is C44H59F3N6O7. The summed E-state index contributed by atoms with van der Waals surface area (Å²) >= 11 is 0. The van der Waals surface area contributed by atoms with E-state index >= 15 is 0 Å². The molecule has 16 heteroatoms. The number of esters is 1. The Labute approximate surface area is 350 Å². The van der Waals surface area contributed by atoms with Crippen LogP contribution in [0.4, 0.5) is 13.2 Å². The van der Waals surface area contributed by atoms with E-state index in [2.05, 4.69) is 0 Å². The summed E-state index contributed by atoms with van der Waals surface area (Å²) in [6, 6.07) is 14.8. The number of rotatable bonds is 13. The van der Waals surface area contributed by atoms with Gasteiger partial charge in [0.05, 0.1) is 0 Å². The normalized spacial score (nSPS) is 17.9. The Bertz CT molecular complexity index is 1800. The Hall–Kier alpha value is -4.87. The molecule has 3 amide bonds. The molecule has 0 spiro atoms. The number of nitrogens with zero attached hydrogens (tertiary/aromatic N) is 3. The van der Waals surface area contributed by atoms with Gasteiger partial charge in [-0.15, -0.1) is 0 Å². The van der Waals surface area contributed by atoms with Gasteiger partial charge in [-0.1, -0.05) is 36.4 Å². The smallest absolute Gasteiger partial charge is 0.303 e. The zero-order valence-corrected chi connectivity index (χ0v) is 34.7. The first-order valence-electron chi connectivity index (χ1n) is 20.5. The van der Waals surface area contributed by atoms with Crippen molar-refractivity contribution >= 4 is 23.7 Å². The van der Waals surface area contributed by atoms with Crippen LogP contribution in [0.5, 0.6) is 0 Å². The van der Waals surface area contributed by atoms with Crippen LogP contribution >= 0.6 is 0 Å². The number of nitrogens with two attached hydrogens (primary N) is 3. The first-order chi connectivity index (χ1) is 28.7. The number of hydrogen-bond donors (Lipinski definition) is 3. The van der Waals surface area contributed by atoms with Gasteiger partial charge >= 0.3 is 5.97 Å². The van der Waals surface area contributed by atoms with Crippen molar-refractivity contribution < 1.29 is 46.6 Å². The zero-order chi connectivity index (χ0) is 43.8. The predicted octanol–water partition coefficient (Wildman–Crippen LogP) is 4.70. The second-order valence-corrected chi connectivity index (χ2v) is 14.9. The lowest BCUT2D eigenvalue weighted by molar-refractivity contribution is -0.151. The van der Waals surface area contributed by atoms with E-state index in [1.807, 2.05) is 6.92 Å². The van der Waals surface area contributed by atoms with E-state index in [4.69, 9.17) is 31.4 Å². The third-order valence-corrected chi connectivity index (χ3v) is 10.6. The summed E-state index contributed by atoms with van der Waals surface area (Å²) in [5.74, 6) is -2.02. The molecule has 0 radical (unpaired) electrons. The average Bonchev–Trinajstić information content (AvgIpc) is 4.08. The average molecular weight is 841 g/mol. The van der Waals surface area contributed by atoms with Crippen molar-refractivity contribution in [3.8, 4) is 0 Å². The van der Waals surface area contributed by atoms with Crippen LogP contribution in [0.25, 0.3) is 0 Å². The second kappa shape index (κ2) is 23.8. The van der Waals surface area contributed by atoms with Crippen molar-refractivity contribution in [1.29, 1.82) is 0 Å². The molecule has 3 aliphatic heterocycles. The molecule has 3 aromatic carbocycles. The summed E-state index contributed by atoms with van der Waals surface area (Å²) in [6.07, 6.45) is 4.00. The Kier molecular flexibility index (Phi) is 19.0. The van der Waals surface area contributed by atoms with Gasteiger partial charge in [0.1, 0.15) is 47.8 Å². The molecule has 6 rings (SSSR count). The Morgan fingerprint density at radius 3 is 1.12 bits per heavy atom. The molecular weight excluding hydrogens is 782 g/mol. The van der Waals surface area contributed by atoms with E-state index in [0.29, 0.717) is 30.8 Å². The molecule has 0 aromatic heterocycles. The third-order valence-electron chi connectivity index (χ3n) is 10.6. The summed E-state index contributed by atoms with van der Waals surface area (Å²) in [7, 11) is 1.51. The second-order valence-electron chi connectivity index (χ2n) is 14.9. The number of carbonyl (C=O) groups is 4. The lowest BCUT2D eigenvalue weighted by Gasteiger charge is -2.27. The maximum absolute atomic E-state index is 13.0. The molecule has 13 nitrogen and oxygen atoms in total. The van der Waals surface area contributed by atoms with Crippen LogP contribution in [-0.2, 0) is 33.4 Å². The van der Waals surface area contributed by atoms with Crippen molar-refractivity contribution in [2.75, 3.05) is 53.0 Å². The molecule has 3 aliphatic rings. The highest BCUT2D eigenvalue weighted by atomic mass is 19.1. The summed E-state index contributed by atoms with van der Waals surface area (Å²) in [4.78, 5) is 53.4. The predicted molar refractivity (Wildman–Crippen MR) is 219 cm³/mol. The molecule has 3 saturated heterocycles. The van der Waals surface area contributed by atoms with Gasteiger partial charge in [-0.2, -0.15) is 0 Å². The van der Waals surface area contributed by atoms with Gasteiger partial charge in [-0.25, -0.2) is 13.2 Å². The van der Waals surface area contributed by atoms with Crippen molar-refractivity contribution in [3.63, 3.8) is 0 Å². The quantitative estimate of drug-likeness (QED) is 0.204. The number of carbonyl (C=O) groups excluding carboxylic acids is 4. The molecule has 6 atom stereocenters. The first kappa shape index (κ1) is 47.8. The van der Waals surface area contributed by atoms with Crippen LogP contribution in [-0.4, -0.2) is 110 Å². The van der Waals surface area contributed by atoms with Crippen LogP contribution in [0.2, 0.25) is 0 Å². The van der Waals surface area contributed by atoms with E-state index < -0.39 is 48.2 Å². The lowest BCUT2D eigenvalue weighted by atomic mass is 10.0. The van der Waals surface area contributed by atoms with Crippen molar-refractivity contribution in [1.82, 2.24) is 14.7 Å². The van der Waals surface area contributed by atoms with Gasteiger partial charge < -0.3 is 46.1 Å². The molecule has 3 aromatic rings. The number of amides is 3. The van der Waals surface area contributed by atoms with Crippen LogP contribution < -0.4 is 17.2 Å². The van der Waals surface area contributed by atoms with Crippen LogP contribution in [0.15, 0.2) is 72.8 Å². The summed E-state index contributed by atoms with van der Waals surface area (Å²) in [5, 5.41) is 0. The number of hydrogen-bond acceptors (Lipinski definition) is 10. The van der Waals surface area contributed by atoms with Crippen molar-refractivity contribution in [3.05, 3.63) is 107 Å². The van der Waals surface area contributed by atoms with Crippen molar-refractivity contribution in [2.24, 2.45) is 17.2 Å². The van der Waals surface area contributed by atoms with Crippen LogP contribution in [0.1, 0.15) is 87.4 Å². The number of ether oxygens (including phenoxy) is 3. The largest absolute Gasteiger partial charge is 0.455 e. The highest BCUT2D eigenvalue weighted by Crippen LogP contribution is 2.26. The van der Waals surface area contributed by atoms with Gasteiger partial charge in [0, 0.05) is 59.9 Å². The summed E-state index contributed by atoms with van der Waals surface area (Å²) in [6.45, 7) is 7.92. The topological polar surface area (TPSA) is 184 Å². The SMILES string of the molecule is CC(=O)OC(c1ccc(F)cc1)C(N)C(=O)N1CCCC1.CCOC(c1ccc(F)cc1)C(N)C(=O)N1CCCC1.COC(c1ccc(F)cc1)C(N)C(=O)N1CCCC1. The summed E-state index contributed by atoms with van der Waals surface area (Å²) in [5.41, 5.74) is 20.0. The molecule has 3 heterocycles. The molecule has 3 fully saturated rings. The lowest BCUT2D eigenvalue weighted by Crippen LogP contribution is -2.46. The van der Waals surface area contributed by atoms with Gasteiger partial charge in [-0.05, 0) is 98.5 Å². The summed E-state index contributed by atoms with van der Waals surface area (Å²) < 4.78 is 55.0. The molecule has 6 unspecified atom stereocenters. The van der Waals surface area contributed by atoms with E-state index in [0.717, 1.165) is 70.3 Å². The van der Waals surface area contributed by atoms with E-state index in [-0.39, 0.29) is 29.4 Å². The molecule has 60 heavy (non-hydrogen) atoms. The van der Waals surface area contributed by atoms with Gasteiger partial charge in [0.15, 0.2) is 6.10 Å². The minimum atomic E-state index is -0.988. The molecule has 0 aliphatic carbocycles. The van der Waals surface area contributed by atoms with Gasteiger partial charge in [0.2, 0.25) is 17.7 Å². The zero-order valence-electron chi connectivity index (χ0n) is 34.7. The molecule has 0 bridgehead atoms. The maximum atomic E-state index is 13.0. The Morgan fingerprint density at radius 2 is 0.817 bits per heavy atom. The monoisotopic (exact) mass is 840 g/mol. The van der Waals surface area contributed by atoms with Crippen molar-refractivity contribution in [2.45, 2.75) is 88.8 Å². The van der Waals surface area contributed by atoms with E-state index in [1.165, 1.54) is 62.6 Å². The highest BCUT2D eigenvalue weighted by molar-refractivity contribution is 5.84. The molecule has 328 valence electrons. The van der Waals surface area contributed by atoms with Crippen LogP contribution in [0.3, 0.4) is 0 Å². The van der Waals surface area contributed by atoms with E-state index in [9.17, 15) is 32.3 Å². The molecule has 0 saturated carbocycles. The fourth-order valence-electron chi connectivity index (χ4n) is 7.40. The fourth-order valence-corrected chi connectivity index (χ4v) is 7.40. The standard InChI is InChI=1S/C15H19FN2O3.C15H21FN2O2.C14H19FN2O2/c1-10(19)21-14(11-4-6-12(16)7-5-11)13(17)15(20)18-8-2-3-9-18;1-2-20-14(11-5-7-12(16)8-6-11)13(17)15(19)18-9-3-4-10-18;1-19-13(10-4-6-11(15)7-5-10)12(16)14(18)17-8-2-3-9-17/h4-7,13-14H,2-3,8-9,17H2,1H3;5-8,13-14H,2-4,9-10,17H2,1H3;4-7,12-13H,2-3,8-9,16H2,1H3. The highest BCUT2D eigenvalue weighted by Gasteiger charge is 2.34. The Morgan fingerprint density at radius 1 is 0.533 bits per heavy atom. The minimum absolute atomic E-state index is 0.0923. The van der Waals surface area contributed by atoms with Gasteiger partial charge in [0.25, 0.3) is 0 Å². The molecule has 6 N–H and O–H groups in total. The fraction of sp³-hybridized carbons (Fsp3) is 0.500. The number of benzene rings is 3. The first-order valence-corrected chi connectivity index (χ1v) is 20.5. The third kappa shape index (κ3) is 13.6. The Balaban J connectivity index is 0.000000199. The number of methoxy groups -OCH3 is 1. The number of likely N-dealkylation sites (tertiary alicyclic amines) is 3. The van der Waals surface area contributed by atoms with E-state index in [1.54, 1.807) is 39.0 Å². The van der Waals surface area contributed by atoms with Gasteiger partial charge in [-0.3, -0.25) is 19.2 Å². The number of halogens is 3. The van der Waals surface area contributed by atoms with Crippen LogP contribution in [0, 0.1) is 17.5 Å². The minimum Gasteiger partial charge on any atom is -0.455 e. The maximum Gasteiger partial charge on any atom is 0.303 e.